The molecule has 1 aliphatic rings. The highest BCUT2D eigenvalue weighted by Crippen LogP contribution is 2.43. The standard InChI is InChI=1S/C15H27N3O2/c1-4-10-19-11-14(3,16)12-17-13(20-18-12)15(5-2)8-6-7-9-15/h4-11,16H2,1-3H3. The van der Waals surface area contributed by atoms with Crippen LogP contribution in [0.3, 0.4) is 0 Å². The lowest BCUT2D eigenvalue weighted by Crippen LogP contribution is -2.39. The third-order valence-electron chi connectivity index (χ3n) is 4.38. The first-order chi connectivity index (χ1) is 9.54. The second-order valence-electron chi connectivity index (χ2n) is 6.23. The van der Waals surface area contributed by atoms with Gasteiger partial charge in [-0.1, -0.05) is 31.8 Å². The van der Waals surface area contributed by atoms with Crippen LogP contribution in [0.4, 0.5) is 0 Å². The first-order valence-electron chi connectivity index (χ1n) is 7.75. The maximum Gasteiger partial charge on any atom is 0.232 e. The Balaban J connectivity index is 2.11. The SMILES string of the molecule is CCCOCC(C)(N)c1noc(C2(CC)CCCC2)n1. The minimum Gasteiger partial charge on any atom is -0.379 e. The second kappa shape index (κ2) is 6.22. The van der Waals surface area contributed by atoms with E-state index in [1.54, 1.807) is 0 Å². The van der Waals surface area contributed by atoms with Gasteiger partial charge >= 0.3 is 0 Å². The van der Waals surface area contributed by atoms with Crippen LogP contribution in [0, 0.1) is 0 Å². The summed E-state index contributed by atoms with van der Waals surface area (Å²) in [7, 11) is 0. The molecule has 2 N–H and O–H groups in total. The normalized spacial score (nSPS) is 21.0. The van der Waals surface area contributed by atoms with Crippen molar-refractivity contribution in [2.24, 2.45) is 5.73 Å². The molecule has 0 aliphatic heterocycles. The minimum atomic E-state index is -0.690. The zero-order chi connectivity index (χ0) is 14.6. The average Bonchev–Trinajstić information content (AvgIpc) is 3.09. The fraction of sp³-hybridized carbons (Fsp3) is 0.867. The Morgan fingerprint density at radius 3 is 2.65 bits per heavy atom. The maximum atomic E-state index is 6.27. The topological polar surface area (TPSA) is 74.2 Å². The third-order valence-corrected chi connectivity index (χ3v) is 4.38. The highest BCUT2D eigenvalue weighted by Gasteiger charge is 2.40. The molecule has 1 heterocycles. The fourth-order valence-electron chi connectivity index (χ4n) is 2.93. The van der Waals surface area contributed by atoms with Crippen LogP contribution in [-0.2, 0) is 15.7 Å². The Hall–Kier alpha value is -0.940. The summed E-state index contributed by atoms with van der Waals surface area (Å²) in [6.45, 7) is 7.28. The predicted octanol–water partition coefficient (Wildman–Crippen LogP) is 2.89. The molecule has 5 nitrogen and oxygen atoms in total. The number of aromatic nitrogens is 2. The van der Waals surface area contributed by atoms with Gasteiger partial charge in [0, 0.05) is 12.0 Å². The molecule has 114 valence electrons. The van der Waals surface area contributed by atoms with Crippen LogP contribution >= 0.6 is 0 Å². The molecular formula is C15H27N3O2. The van der Waals surface area contributed by atoms with Crippen molar-refractivity contribution in [3.05, 3.63) is 11.7 Å². The van der Waals surface area contributed by atoms with E-state index in [2.05, 4.69) is 24.0 Å². The number of rotatable bonds is 7. The van der Waals surface area contributed by atoms with Crippen LogP contribution in [0.1, 0.15) is 71.0 Å². The summed E-state index contributed by atoms with van der Waals surface area (Å²) in [5, 5.41) is 4.11. The Morgan fingerprint density at radius 1 is 1.35 bits per heavy atom. The Kier molecular flexibility index (Phi) is 4.81. The molecule has 1 fully saturated rings. The molecule has 1 atom stereocenters. The molecule has 1 saturated carbocycles. The van der Waals surface area contributed by atoms with Crippen LogP contribution < -0.4 is 5.73 Å². The first-order valence-corrected chi connectivity index (χ1v) is 7.75. The van der Waals surface area contributed by atoms with Crippen molar-refractivity contribution in [2.75, 3.05) is 13.2 Å². The maximum absolute atomic E-state index is 6.27. The quantitative estimate of drug-likeness (QED) is 0.778. The molecule has 0 spiro atoms. The predicted molar refractivity (Wildman–Crippen MR) is 77.4 cm³/mol. The Labute approximate surface area is 121 Å². The van der Waals surface area contributed by atoms with Crippen LogP contribution in [0.5, 0.6) is 0 Å². The van der Waals surface area contributed by atoms with Crippen molar-refractivity contribution < 1.29 is 9.26 Å². The van der Waals surface area contributed by atoms with Gasteiger partial charge in [0.15, 0.2) is 5.82 Å². The largest absolute Gasteiger partial charge is 0.379 e. The number of nitrogens with zero attached hydrogens (tertiary/aromatic N) is 2. The molecule has 0 saturated heterocycles. The zero-order valence-corrected chi connectivity index (χ0v) is 12.9. The summed E-state index contributed by atoms with van der Waals surface area (Å²) in [6.07, 6.45) is 6.78. The molecular weight excluding hydrogens is 254 g/mol. The molecule has 1 aliphatic carbocycles. The van der Waals surface area contributed by atoms with Crippen molar-refractivity contribution in [1.29, 1.82) is 0 Å². The van der Waals surface area contributed by atoms with E-state index in [9.17, 15) is 0 Å². The van der Waals surface area contributed by atoms with Crippen molar-refractivity contribution in [3.8, 4) is 0 Å². The fourth-order valence-corrected chi connectivity index (χ4v) is 2.93. The van der Waals surface area contributed by atoms with E-state index < -0.39 is 5.54 Å². The van der Waals surface area contributed by atoms with E-state index in [4.69, 9.17) is 15.0 Å². The summed E-state index contributed by atoms with van der Waals surface area (Å²) in [4.78, 5) is 4.60. The number of nitrogens with two attached hydrogens (primary N) is 1. The first kappa shape index (κ1) is 15.4. The molecule has 20 heavy (non-hydrogen) atoms. The lowest BCUT2D eigenvalue weighted by Gasteiger charge is -2.22. The van der Waals surface area contributed by atoms with E-state index in [1.165, 1.54) is 12.8 Å². The average molecular weight is 281 g/mol. The summed E-state index contributed by atoms with van der Waals surface area (Å²) in [5.74, 6) is 1.32. The lowest BCUT2D eigenvalue weighted by atomic mass is 9.83. The van der Waals surface area contributed by atoms with Crippen molar-refractivity contribution in [1.82, 2.24) is 10.1 Å². The van der Waals surface area contributed by atoms with Crippen molar-refractivity contribution >= 4 is 0 Å². The van der Waals surface area contributed by atoms with Crippen molar-refractivity contribution in [3.63, 3.8) is 0 Å². The van der Waals surface area contributed by atoms with Crippen molar-refractivity contribution in [2.45, 2.75) is 70.3 Å². The second-order valence-corrected chi connectivity index (χ2v) is 6.23. The summed E-state index contributed by atoms with van der Waals surface area (Å²) in [6, 6.07) is 0. The van der Waals surface area contributed by atoms with E-state index >= 15 is 0 Å². The van der Waals surface area contributed by atoms with E-state index in [-0.39, 0.29) is 5.41 Å². The highest BCUT2D eigenvalue weighted by molar-refractivity contribution is 5.11. The summed E-state index contributed by atoms with van der Waals surface area (Å²) >= 11 is 0. The van der Waals surface area contributed by atoms with E-state index in [0.717, 1.165) is 31.6 Å². The zero-order valence-electron chi connectivity index (χ0n) is 12.9. The number of hydrogen-bond donors (Lipinski definition) is 1. The molecule has 1 aromatic heterocycles. The van der Waals surface area contributed by atoms with Gasteiger partial charge in [-0.25, -0.2) is 0 Å². The Bertz CT molecular complexity index is 423. The van der Waals surface area contributed by atoms with Gasteiger partial charge in [-0.2, -0.15) is 4.98 Å². The smallest absolute Gasteiger partial charge is 0.232 e. The molecule has 5 heteroatoms. The molecule has 2 rings (SSSR count). The van der Waals surface area contributed by atoms with E-state index in [0.29, 0.717) is 19.0 Å². The Morgan fingerprint density at radius 2 is 2.05 bits per heavy atom. The van der Waals surface area contributed by atoms with E-state index in [1.807, 2.05) is 6.92 Å². The van der Waals surface area contributed by atoms with Gasteiger partial charge in [0.05, 0.1) is 6.61 Å². The van der Waals surface area contributed by atoms with Crippen LogP contribution in [0.25, 0.3) is 0 Å². The van der Waals surface area contributed by atoms with Crippen LogP contribution in [0.15, 0.2) is 4.52 Å². The number of ether oxygens (including phenoxy) is 1. The highest BCUT2D eigenvalue weighted by atomic mass is 16.5. The monoisotopic (exact) mass is 281 g/mol. The third kappa shape index (κ3) is 3.04. The van der Waals surface area contributed by atoms with Gasteiger partial charge in [-0.05, 0) is 32.6 Å². The minimum absolute atomic E-state index is 0.0750. The van der Waals surface area contributed by atoms with Gasteiger partial charge < -0.3 is 15.0 Å². The lowest BCUT2D eigenvalue weighted by molar-refractivity contribution is 0.0867. The summed E-state index contributed by atoms with van der Waals surface area (Å²) < 4.78 is 11.1. The van der Waals surface area contributed by atoms with Crippen LogP contribution in [-0.4, -0.2) is 23.4 Å². The molecule has 0 radical (unpaired) electrons. The molecule has 0 amide bonds. The van der Waals surface area contributed by atoms with Gasteiger partial charge in [0.2, 0.25) is 5.89 Å². The molecule has 1 unspecified atom stereocenters. The summed E-state index contributed by atoms with van der Waals surface area (Å²) in [5.41, 5.74) is 5.65. The van der Waals surface area contributed by atoms with Gasteiger partial charge in [-0.15, -0.1) is 0 Å². The van der Waals surface area contributed by atoms with Crippen LogP contribution in [0.2, 0.25) is 0 Å². The molecule has 0 aromatic carbocycles. The van der Waals surface area contributed by atoms with Gasteiger partial charge in [0.25, 0.3) is 0 Å². The molecule has 0 bridgehead atoms. The van der Waals surface area contributed by atoms with Gasteiger partial charge in [0.1, 0.15) is 5.54 Å². The van der Waals surface area contributed by atoms with Gasteiger partial charge in [-0.3, -0.25) is 0 Å². The number of hydrogen-bond acceptors (Lipinski definition) is 5. The molecule has 1 aromatic rings.